The smallest absolute Gasteiger partial charge is 0.231 e. The molecule has 1 N–H and O–H groups in total. The first-order valence-corrected chi connectivity index (χ1v) is 6.43. The van der Waals surface area contributed by atoms with Crippen LogP contribution in [0.1, 0.15) is 49.8 Å². The summed E-state index contributed by atoms with van der Waals surface area (Å²) in [5, 5.41) is 3.56. The number of benzene rings is 1. The highest BCUT2D eigenvalue weighted by molar-refractivity contribution is 5.54. The van der Waals surface area contributed by atoms with Gasteiger partial charge in [-0.1, -0.05) is 19.9 Å². The molecule has 0 radical (unpaired) electrons. The average molecular weight is 233 g/mol. The summed E-state index contributed by atoms with van der Waals surface area (Å²) in [5.41, 5.74) is 2.71. The van der Waals surface area contributed by atoms with Gasteiger partial charge in [-0.3, -0.25) is 0 Å². The molecule has 17 heavy (non-hydrogen) atoms. The summed E-state index contributed by atoms with van der Waals surface area (Å²) in [5.74, 6) is 2.32. The molecule has 0 aliphatic carbocycles. The first-order chi connectivity index (χ1) is 8.27. The van der Waals surface area contributed by atoms with Crippen LogP contribution < -0.4 is 14.8 Å². The molecule has 1 unspecified atom stereocenters. The fourth-order valence-electron chi connectivity index (χ4n) is 2.86. The monoisotopic (exact) mass is 233 g/mol. The number of hydrogen-bond donors (Lipinski definition) is 1. The van der Waals surface area contributed by atoms with Crippen molar-refractivity contribution in [2.24, 2.45) is 0 Å². The lowest BCUT2D eigenvalue weighted by molar-refractivity contribution is 0.173. The Morgan fingerprint density at radius 3 is 2.88 bits per heavy atom. The van der Waals surface area contributed by atoms with Crippen LogP contribution in [0.25, 0.3) is 0 Å². The van der Waals surface area contributed by atoms with E-state index in [0.717, 1.165) is 18.0 Å². The zero-order chi connectivity index (χ0) is 11.8. The van der Waals surface area contributed by atoms with E-state index in [1.54, 1.807) is 0 Å². The number of fused-ring (bicyclic) bond motifs is 1. The molecule has 92 valence electrons. The van der Waals surface area contributed by atoms with E-state index >= 15 is 0 Å². The normalized spacial score (nSPS) is 22.4. The minimum Gasteiger partial charge on any atom is -0.454 e. The predicted octanol–water partition coefficient (Wildman–Crippen LogP) is 2.96. The zero-order valence-electron chi connectivity index (χ0n) is 10.5. The summed E-state index contributed by atoms with van der Waals surface area (Å²) in [4.78, 5) is 0. The van der Waals surface area contributed by atoms with E-state index < -0.39 is 0 Å². The molecule has 3 rings (SSSR count). The molecule has 1 atom stereocenters. The third-order valence-electron chi connectivity index (χ3n) is 3.62. The minimum absolute atomic E-state index is 0.358. The van der Waals surface area contributed by atoms with Gasteiger partial charge in [0.25, 0.3) is 0 Å². The zero-order valence-corrected chi connectivity index (χ0v) is 10.5. The van der Waals surface area contributed by atoms with Crippen molar-refractivity contribution in [3.63, 3.8) is 0 Å². The first-order valence-electron chi connectivity index (χ1n) is 6.43. The SMILES string of the molecule is CC(C)c1c(C2CCCN2)ccc2c1OCO2. The predicted molar refractivity (Wildman–Crippen MR) is 66.6 cm³/mol. The number of rotatable bonds is 2. The second-order valence-electron chi connectivity index (χ2n) is 5.11. The molecule has 0 spiro atoms. The van der Waals surface area contributed by atoms with Crippen LogP contribution >= 0.6 is 0 Å². The number of hydrogen-bond acceptors (Lipinski definition) is 3. The van der Waals surface area contributed by atoms with Gasteiger partial charge in [0.15, 0.2) is 11.5 Å². The maximum absolute atomic E-state index is 5.64. The molecule has 0 saturated carbocycles. The van der Waals surface area contributed by atoms with E-state index in [2.05, 4.69) is 25.2 Å². The van der Waals surface area contributed by atoms with E-state index in [-0.39, 0.29) is 0 Å². The van der Waals surface area contributed by atoms with E-state index in [4.69, 9.17) is 9.47 Å². The highest BCUT2D eigenvalue weighted by Crippen LogP contribution is 2.44. The lowest BCUT2D eigenvalue weighted by atomic mass is 9.91. The Bertz CT molecular complexity index is 422. The van der Waals surface area contributed by atoms with Crippen LogP contribution in [0.15, 0.2) is 12.1 Å². The molecule has 3 nitrogen and oxygen atoms in total. The van der Waals surface area contributed by atoms with Gasteiger partial charge in [-0.05, 0) is 36.9 Å². The summed E-state index contributed by atoms with van der Waals surface area (Å²) in [6.45, 7) is 5.92. The van der Waals surface area contributed by atoms with Gasteiger partial charge in [-0.15, -0.1) is 0 Å². The van der Waals surface area contributed by atoms with E-state index in [1.807, 2.05) is 6.07 Å². The summed E-state index contributed by atoms with van der Waals surface area (Å²) in [7, 11) is 0. The fraction of sp³-hybridized carbons (Fsp3) is 0.571. The Morgan fingerprint density at radius 2 is 2.18 bits per heavy atom. The molecular weight excluding hydrogens is 214 g/mol. The molecule has 0 aromatic heterocycles. The molecular formula is C14H19NO2. The highest BCUT2D eigenvalue weighted by atomic mass is 16.7. The molecule has 1 fully saturated rings. The summed E-state index contributed by atoms with van der Waals surface area (Å²) in [6, 6.07) is 4.73. The third kappa shape index (κ3) is 1.78. The van der Waals surface area contributed by atoms with Gasteiger partial charge in [0.05, 0.1) is 0 Å². The first kappa shape index (κ1) is 10.9. The third-order valence-corrected chi connectivity index (χ3v) is 3.62. The van der Waals surface area contributed by atoms with Crippen LogP contribution in [0.3, 0.4) is 0 Å². The molecule has 0 amide bonds. The fourth-order valence-corrected chi connectivity index (χ4v) is 2.86. The number of nitrogens with one attached hydrogen (secondary N) is 1. The van der Waals surface area contributed by atoms with Gasteiger partial charge < -0.3 is 14.8 Å². The maximum atomic E-state index is 5.64. The largest absolute Gasteiger partial charge is 0.454 e. The summed E-state index contributed by atoms with van der Waals surface area (Å²) >= 11 is 0. The maximum Gasteiger partial charge on any atom is 0.231 e. The van der Waals surface area contributed by atoms with Crippen molar-refractivity contribution in [3.05, 3.63) is 23.3 Å². The van der Waals surface area contributed by atoms with Gasteiger partial charge in [0.2, 0.25) is 6.79 Å². The van der Waals surface area contributed by atoms with Gasteiger partial charge in [-0.25, -0.2) is 0 Å². The highest BCUT2D eigenvalue weighted by Gasteiger charge is 2.27. The Hall–Kier alpha value is -1.22. The molecule has 1 aromatic carbocycles. The summed E-state index contributed by atoms with van der Waals surface area (Å²) < 4.78 is 11.1. The van der Waals surface area contributed by atoms with Crippen LogP contribution in [0.5, 0.6) is 11.5 Å². The number of ether oxygens (including phenoxy) is 2. The van der Waals surface area contributed by atoms with Crippen molar-refractivity contribution >= 4 is 0 Å². The van der Waals surface area contributed by atoms with Crippen LogP contribution in [-0.4, -0.2) is 13.3 Å². The Kier molecular flexibility index (Phi) is 2.71. The van der Waals surface area contributed by atoms with Crippen molar-refractivity contribution in [3.8, 4) is 11.5 Å². The molecule has 0 bridgehead atoms. The molecule has 3 heteroatoms. The van der Waals surface area contributed by atoms with Gasteiger partial charge in [0, 0.05) is 11.6 Å². The lowest BCUT2D eigenvalue weighted by Crippen LogP contribution is -2.15. The van der Waals surface area contributed by atoms with Crippen molar-refractivity contribution in [2.45, 2.75) is 38.6 Å². The van der Waals surface area contributed by atoms with Crippen LogP contribution in [0.4, 0.5) is 0 Å². The van der Waals surface area contributed by atoms with Crippen LogP contribution in [-0.2, 0) is 0 Å². The van der Waals surface area contributed by atoms with Gasteiger partial charge in [-0.2, -0.15) is 0 Å². The summed E-state index contributed by atoms with van der Waals surface area (Å²) in [6.07, 6.45) is 2.48. The van der Waals surface area contributed by atoms with Crippen molar-refractivity contribution in [1.29, 1.82) is 0 Å². The standard InChI is InChI=1S/C14H19NO2/c1-9(2)13-10(11-4-3-7-15-11)5-6-12-14(13)17-8-16-12/h5-6,9,11,15H,3-4,7-8H2,1-2H3. The molecule has 2 aliphatic heterocycles. The molecule has 1 saturated heterocycles. The Labute approximate surface area is 102 Å². The second-order valence-corrected chi connectivity index (χ2v) is 5.11. The van der Waals surface area contributed by atoms with E-state index in [9.17, 15) is 0 Å². The Balaban J connectivity index is 2.08. The quantitative estimate of drug-likeness (QED) is 0.852. The molecule has 1 aromatic rings. The molecule has 2 heterocycles. The van der Waals surface area contributed by atoms with Crippen molar-refractivity contribution in [2.75, 3.05) is 13.3 Å². The average Bonchev–Trinajstić information content (AvgIpc) is 2.98. The van der Waals surface area contributed by atoms with Gasteiger partial charge >= 0.3 is 0 Å². The van der Waals surface area contributed by atoms with Crippen molar-refractivity contribution < 1.29 is 9.47 Å². The van der Waals surface area contributed by atoms with Crippen LogP contribution in [0, 0.1) is 0 Å². The topological polar surface area (TPSA) is 30.5 Å². The lowest BCUT2D eigenvalue weighted by Gasteiger charge is -2.20. The second kappa shape index (κ2) is 4.22. The van der Waals surface area contributed by atoms with Crippen molar-refractivity contribution in [1.82, 2.24) is 5.32 Å². The van der Waals surface area contributed by atoms with Crippen LogP contribution in [0.2, 0.25) is 0 Å². The van der Waals surface area contributed by atoms with E-state index in [1.165, 1.54) is 24.0 Å². The Morgan fingerprint density at radius 1 is 1.29 bits per heavy atom. The minimum atomic E-state index is 0.358. The van der Waals surface area contributed by atoms with Gasteiger partial charge in [0.1, 0.15) is 0 Å². The molecule has 2 aliphatic rings. The van der Waals surface area contributed by atoms with E-state index in [0.29, 0.717) is 18.8 Å².